The normalized spacial score (nSPS) is 16.4. The molecule has 202 valence electrons. The molecule has 0 aromatic carbocycles. The number of nitrogens with zero attached hydrogens (tertiary/aromatic N) is 7. The molecule has 5 heterocycles. The Bertz CT molecular complexity index is 1870. The Balaban J connectivity index is 1.44. The van der Waals surface area contributed by atoms with Crippen molar-refractivity contribution in [1.29, 1.82) is 0 Å². The molecule has 6 rings (SSSR count). The number of rotatable bonds is 5. The summed E-state index contributed by atoms with van der Waals surface area (Å²) >= 11 is 6.57. The number of halogens is 4. The maximum Gasteiger partial charge on any atom is 0.274 e. The zero-order chi connectivity index (χ0) is 28.3. The van der Waals surface area contributed by atoms with Crippen LogP contribution in [0.2, 0.25) is 5.02 Å². The van der Waals surface area contributed by atoms with Crippen LogP contribution in [0.15, 0.2) is 54.1 Å². The Morgan fingerprint density at radius 3 is 2.50 bits per heavy atom. The molecule has 0 aliphatic heterocycles. The smallest absolute Gasteiger partial charge is 0.274 e. The van der Waals surface area contributed by atoms with Crippen LogP contribution >= 0.6 is 11.6 Å². The SMILES string of the molecule is Cc1ncn(-c2nccc(-c3ncc(C)c(-n4c(C)cc([C@@H]5CC5c5cncc(F)c5)c(Cl)c4=O)c3F)c2F)n1. The van der Waals surface area contributed by atoms with Gasteiger partial charge in [0.25, 0.3) is 5.56 Å². The first kappa shape index (κ1) is 25.9. The highest BCUT2D eigenvalue weighted by Crippen LogP contribution is 2.55. The lowest BCUT2D eigenvalue weighted by Crippen LogP contribution is -2.24. The summed E-state index contributed by atoms with van der Waals surface area (Å²) in [7, 11) is 0. The molecule has 0 saturated heterocycles. The predicted molar refractivity (Wildman–Crippen MR) is 141 cm³/mol. The third kappa shape index (κ3) is 4.26. The zero-order valence-corrected chi connectivity index (χ0v) is 22.3. The molecule has 5 aromatic heterocycles. The number of hydrogen-bond donors (Lipinski definition) is 0. The first-order valence-electron chi connectivity index (χ1n) is 12.4. The Morgan fingerprint density at radius 1 is 0.975 bits per heavy atom. The predicted octanol–water partition coefficient (Wildman–Crippen LogP) is 5.54. The van der Waals surface area contributed by atoms with Crippen molar-refractivity contribution in [3.8, 4) is 22.8 Å². The van der Waals surface area contributed by atoms with Gasteiger partial charge in [-0.1, -0.05) is 11.6 Å². The Hall–Kier alpha value is -4.38. The van der Waals surface area contributed by atoms with Crippen LogP contribution in [0.5, 0.6) is 0 Å². The van der Waals surface area contributed by atoms with Crippen LogP contribution in [-0.4, -0.2) is 34.3 Å². The van der Waals surface area contributed by atoms with Crippen LogP contribution in [0, 0.1) is 38.2 Å². The van der Waals surface area contributed by atoms with Crippen LogP contribution in [0.25, 0.3) is 22.8 Å². The van der Waals surface area contributed by atoms with Crippen LogP contribution < -0.4 is 5.56 Å². The second-order valence-electron chi connectivity index (χ2n) is 9.77. The highest BCUT2D eigenvalue weighted by atomic mass is 35.5. The molecule has 1 unspecified atom stereocenters. The molecule has 0 spiro atoms. The van der Waals surface area contributed by atoms with Crippen molar-refractivity contribution in [2.24, 2.45) is 0 Å². The van der Waals surface area contributed by atoms with Gasteiger partial charge in [0.1, 0.15) is 28.7 Å². The van der Waals surface area contributed by atoms with Crippen LogP contribution in [0.1, 0.15) is 46.5 Å². The molecule has 5 aromatic rings. The highest BCUT2D eigenvalue weighted by Gasteiger charge is 2.42. The fourth-order valence-corrected chi connectivity index (χ4v) is 5.35. The van der Waals surface area contributed by atoms with Gasteiger partial charge in [-0.2, -0.15) is 9.78 Å². The molecular formula is C28H21ClF3N7O. The summed E-state index contributed by atoms with van der Waals surface area (Å²) in [5.41, 5.74) is 0.955. The average Bonchev–Trinajstić information content (AvgIpc) is 3.61. The molecule has 0 amide bonds. The Kier molecular flexibility index (Phi) is 6.25. The van der Waals surface area contributed by atoms with E-state index in [4.69, 9.17) is 11.6 Å². The van der Waals surface area contributed by atoms with Gasteiger partial charge in [-0.05, 0) is 73.9 Å². The van der Waals surface area contributed by atoms with E-state index in [2.05, 4.69) is 25.0 Å². The fourth-order valence-electron chi connectivity index (χ4n) is 5.07. The second kappa shape index (κ2) is 9.67. The van der Waals surface area contributed by atoms with E-state index in [1.807, 2.05) is 0 Å². The van der Waals surface area contributed by atoms with Crippen molar-refractivity contribution in [3.05, 3.63) is 110 Å². The van der Waals surface area contributed by atoms with Crippen molar-refractivity contribution in [2.45, 2.75) is 39.0 Å². The lowest BCUT2D eigenvalue weighted by atomic mass is 10.0. The van der Waals surface area contributed by atoms with E-state index < -0.39 is 23.0 Å². The van der Waals surface area contributed by atoms with E-state index in [1.54, 1.807) is 33.0 Å². The van der Waals surface area contributed by atoms with Gasteiger partial charge >= 0.3 is 0 Å². The van der Waals surface area contributed by atoms with E-state index in [1.165, 1.54) is 35.4 Å². The topological polar surface area (TPSA) is 91.4 Å². The van der Waals surface area contributed by atoms with Crippen molar-refractivity contribution in [2.75, 3.05) is 0 Å². The van der Waals surface area contributed by atoms with Gasteiger partial charge in [-0.15, -0.1) is 0 Å². The molecule has 2 atom stereocenters. The van der Waals surface area contributed by atoms with E-state index in [-0.39, 0.29) is 39.6 Å². The van der Waals surface area contributed by atoms with Gasteiger partial charge in [-0.25, -0.2) is 23.1 Å². The number of hydrogen-bond acceptors (Lipinski definition) is 6. The first-order chi connectivity index (χ1) is 19.2. The molecule has 0 N–H and O–H groups in total. The third-order valence-corrected chi connectivity index (χ3v) is 7.43. The lowest BCUT2D eigenvalue weighted by molar-refractivity contribution is 0.590. The lowest BCUT2D eigenvalue weighted by Gasteiger charge is -2.18. The van der Waals surface area contributed by atoms with Crippen LogP contribution in [-0.2, 0) is 0 Å². The van der Waals surface area contributed by atoms with Crippen LogP contribution in [0.4, 0.5) is 13.2 Å². The summed E-state index contributed by atoms with van der Waals surface area (Å²) in [6.07, 6.45) is 7.39. The maximum atomic E-state index is 16.2. The van der Waals surface area contributed by atoms with Gasteiger partial charge in [-0.3, -0.25) is 19.3 Å². The minimum absolute atomic E-state index is 0.0287. The maximum absolute atomic E-state index is 16.2. The molecule has 1 fully saturated rings. The summed E-state index contributed by atoms with van der Waals surface area (Å²) in [4.78, 5) is 29.6. The van der Waals surface area contributed by atoms with E-state index in [0.717, 1.165) is 16.4 Å². The summed E-state index contributed by atoms with van der Waals surface area (Å²) in [6.45, 7) is 4.91. The van der Waals surface area contributed by atoms with Gasteiger partial charge in [0.2, 0.25) is 0 Å². The van der Waals surface area contributed by atoms with E-state index in [0.29, 0.717) is 29.1 Å². The molecule has 0 radical (unpaired) electrons. The third-order valence-electron chi connectivity index (χ3n) is 7.06. The molecule has 12 heteroatoms. The molecule has 1 aliphatic carbocycles. The number of pyridine rings is 4. The summed E-state index contributed by atoms with van der Waals surface area (Å²) in [6, 6.07) is 4.45. The number of aryl methyl sites for hydroxylation is 3. The minimum atomic E-state index is -0.894. The standard InChI is InChI=1S/C28H21ClF3N7O/c1-13-9-35-25(18-4-5-34-27(23(18)31)38-12-36-15(3)37-38)24(32)26(13)39-14(2)6-21(22(29)28(39)40)20-8-19(20)16-7-17(30)11-33-10-16/h4-7,9-12,19-20H,8H2,1-3H3/t19?,20-/m1/s1. The average molecular weight is 564 g/mol. The summed E-state index contributed by atoms with van der Waals surface area (Å²) < 4.78 is 47.7. The zero-order valence-electron chi connectivity index (χ0n) is 21.5. The number of aromatic nitrogens is 7. The van der Waals surface area contributed by atoms with E-state index in [9.17, 15) is 9.18 Å². The van der Waals surface area contributed by atoms with Crippen molar-refractivity contribution >= 4 is 11.6 Å². The van der Waals surface area contributed by atoms with Crippen LogP contribution in [0.3, 0.4) is 0 Å². The Morgan fingerprint density at radius 2 is 1.77 bits per heavy atom. The minimum Gasteiger partial charge on any atom is -0.277 e. The molecule has 1 saturated carbocycles. The van der Waals surface area contributed by atoms with Gasteiger partial charge < -0.3 is 0 Å². The monoisotopic (exact) mass is 563 g/mol. The van der Waals surface area contributed by atoms with E-state index >= 15 is 8.78 Å². The van der Waals surface area contributed by atoms with Gasteiger partial charge in [0.05, 0.1) is 11.9 Å². The van der Waals surface area contributed by atoms with Gasteiger partial charge in [0.15, 0.2) is 17.5 Å². The second-order valence-corrected chi connectivity index (χ2v) is 10.1. The molecule has 1 aliphatic rings. The van der Waals surface area contributed by atoms with Crippen molar-refractivity contribution < 1.29 is 13.2 Å². The van der Waals surface area contributed by atoms with Gasteiger partial charge in [0, 0.05) is 29.8 Å². The molecule has 40 heavy (non-hydrogen) atoms. The molecule has 0 bridgehead atoms. The summed E-state index contributed by atoms with van der Waals surface area (Å²) in [5, 5.41) is 4.02. The molecule has 8 nitrogen and oxygen atoms in total. The van der Waals surface area contributed by atoms with Crippen molar-refractivity contribution in [1.82, 2.24) is 34.3 Å². The first-order valence-corrected chi connectivity index (χ1v) is 12.7. The van der Waals surface area contributed by atoms with Crippen molar-refractivity contribution in [3.63, 3.8) is 0 Å². The fraction of sp³-hybridized carbons (Fsp3) is 0.214. The Labute approximate surface area is 231 Å². The summed E-state index contributed by atoms with van der Waals surface area (Å²) in [5.74, 6) is -2.06. The quantitative estimate of drug-likeness (QED) is 0.279. The highest BCUT2D eigenvalue weighted by molar-refractivity contribution is 6.31. The molecular weight excluding hydrogens is 543 g/mol. The largest absolute Gasteiger partial charge is 0.277 e.